The Morgan fingerprint density at radius 3 is 2.96 bits per heavy atom. The molecule has 0 saturated carbocycles. The van der Waals surface area contributed by atoms with Crippen LogP contribution < -0.4 is 5.56 Å². The van der Waals surface area contributed by atoms with Crippen molar-refractivity contribution in [1.29, 1.82) is 0 Å². The molecule has 1 aliphatic heterocycles. The summed E-state index contributed by atoms with van der Waals surface area (Å²) in [6.45, 7) is 2.81. The Kier molecular flexibility index (Phi) is 4.56. The van der Waals surface area contributed by atoms with Crippen LogP contribution in [0.4, 0.5) is 0 Å². The number of carbonyl (C=O) groups excluding carboxylic acids is 1. The predicted molar refractivity (Wildman–Crippen MR) is 88.8 cm³/mol. The Morgan fingerprint density at radius 2 is 2.17 bits per heavy atom. The maximum absolute atomic E-state index is 12.6. The fourth-order valence-electron chi connectivity index (χ4n) is 2.80. The van der Waals surface area contributed by atoms with Gasteiger partial charge < -0.3 is 14.3 Å². The lowest BCUT2D eigenvalue weighted by atomic mass is 10.1. The number of furan rings is 1. The van der Waals surface area contributed by atoms with Crippen molar-refractivity contribution in [2.24, 2.45) is 0 Å². The number of aromatic amines is 1. The van der Waals surface area contributed by atoms with E-state index < -0.39 is 0 Å². The second-order valence-corrected chi connectivity index (χ2v) is 6.43. The molecule has 122 valence electrons. The third kappa shape index (κ3) is 3.34. The van der Waals surface area contributed by atoms with Crippen LogP contribution in [0.5, 0.6) is 0 Å². The zero-order valence-electron chi connectivity index (χ0n) is 13.2. The summed E-state index contributed by atoms with van der Waals surface area (Å²) in [7, 11) is 0. The number of thioether (sulfide) groups is 1. The third-order valence-electron chi connectivity index (χ3n) is 3.92. The van der Waals surface area contributed by atoms with E-state index in [4.69, 9.17) is 4.42 Å². The number of aromatic nitrogens is 2. The number of carbonyl (C=O) groups is 1. The highest BCUT2D eigenvalue weighted by molar-refractivity contribution is 7.97. The van der Waals surface area contributed by atoms with Crippen molar-refractivity contribution in [3.05, 3.63) is 51.1 Å². The van der Waals surface area contributed by atoms with Gasteiger partial charge in [-0.05, 0) is 31.7 Å². The van der Waals surface area contributed by atoms with Gasteiger partial charge in [-0.25, -0.2) is 4.98 Å². The summed E-state index contributed by atoms with van der Waals surface area (Å²) >= 11 is 1.65. The van der Waals surface area contributed by atoms with Gasteiger partial charge in [0, 0.05) is 25.1 Å². The summed E-state index contributed by atoms with van der Waals surface area (Å²) < 4.78 is 5.60. The highest BCUT2D eigenvalue weighted by Crippen LogP contribution is 2.17. The van der Waals surface area contributed by atoms with Crippen LogP contribution in [0.25, 0.3) is 0 Å². The molecule has 0 saturated heterocycles. The Morgan fingerprint density at radius 1 is 1.39 bits per heavy atom. The van der Waals surface area contributed by atoms with Crippen LogP contribution in [0.3, 0.4) is 0 Å². The molecule has 0 aliphatic carbocycles. The van der Waals surface area contributed by atoms with Gasteiger partial charge in [-0.2, -0.15) is 11.8 Å². The molecule has 7 heteroatoms. The summed E-state index contributed by atoms with van der Waals surface area (Å²) in [5.74, 6) is 2.39. The van der Waals surface area contributed by atoms with Crippen LogP contribution >= 0.6 is 11.8 Å². The number of amides is 1. The molecule has 3 heterocycles. The molecule has 0 unspecified atom stereocenters. The van der Waals surface area contributed by atoms with Gasteiger partial charge in [0.25, 0.3) is 11.5 Å². The molecular formula is C16H19N3O3S. The second kappa shape index (κ2) is 6.62. The van der Waals surface area contributed by atoms with Crippen LogP contribution in [0.15, 0.2) is 21.3 Å². The molecule has 1 N–H and O–H groups in total. The zero-order chi connectivity index (χ0) is 16.4. The quantitative estimate of drug-likeness (QED) is 0.926. The number of nitrogens with one attached hydrogen (secondary N) is 1. The first kappa shape index (κ1) is 15.9. The monoisotopic (exact) mass is 333 g/mol. The van der Waals surface area contributed by atoms with Gasteiger partial charge in [-0.15, -0.1) is 0 Å². The summed E-state index contributed by atoms with van der Waals surface area (Å²) in [5.41, 5.74) is 1.39. The first-order valence-corrected chi connectivity index (χ1v) is 8.93. The molecule has 0 bridgehead atoms. The second-order valence-electron chi connectivity index (χ2n) is 5.57. The SMILES string of the molecule is CSCc1ccc(C(=O)N2CCc3nc(C)[nH]c(=O)c3CC2)o1. The molecule has 2 aromatic rings. The summed E-state index contributed by atoms with van der Waals surface area (Å²) in [6.07, 6.45) is 3.09. The molecular weight excluding hydrogens is 314 g/mol. The Labute approximate surface area is 138 Å². The standard InChI is InChI=1S/C16H19N3O3S/c1-10-17-13-6-8-19(7-5-12(13)15(20)18-10)16(21)14-4-3-11(22-14)9-23-2/h3-4H,5-9H2,1-2H3,(H,17,18,20). The van der Waals surface area contributed by atoms with Crippen molar-refractivity contribution in [1.82, 2.24) is 14.9 Å². The maximum Gasteiger partial charge on any atom is 0.289 e. The van der Waals surface area contributed by atoms with E-state index in [0.717, 1.165) is 17.2 Å². The van der Waals surface area contributed by atoms with Crippen molar-refractivity contribution in [3.63, 3.8) is 0 Å². The minimum Gasteiger partial charge on any atom is -0.455 e. The van der Waals surface area contributed by atoms with Crippen LogP contribution in [0.1, 0.15) is 33.4 Å². The summed E-state index contributed by atoms with van der Waals surface area (Å²) in [4.78, 5) is 33.5. The number of hydrogen-bond acceptors (Lipinski definition) is 5. The number of hydrogen-bond donors (Lipinski definition) is 1. The van der Waals surface area contributed by atoms with Crippen LogP contribution in [0, 0.1) is 6.92 Å². The minimum atomic E-state index is -0.127. The lowest BCUT2D eigenvalue weighted by Gasteiger charge is -2.18. The van der Waals surface area contributed by atoms with Crippen molar-refractivity contribution in [2.75, 3.05) is 19.3 Å². The van der Waals surface area contributed by atoms with Gasteiger partial charge >= 0.3 is 0 Å². The normalized spacial score (nSPS) is 14.4. The number of aryl methyl sites for hydroxylation is 1. The first-order valence-electron chi connectivity index (χ1n) is 7.54. The lowest BCUT2D eigenvalue weighted by molar-refractivity contribution is 0.0729. The van der Waals surface area contributed by atoms with E-state index in [1.54, 1.807) is 29.7 Å². The predicted octanol–water partition coefficient (Wildman–Crippen LogP) is 1.78. The van der Waals surface area contributed by atoms with E-state index in [9.17, 15) is 9.59 Å². The topological polar surface area (TPSA) is 79.2 Å². The number of rotatable bonds is 3. The van der Waals surface area contributed by atoms with Gasteiger partial charge in [0.2, 0.25) is 0 Å². The molecule has 0 atom stereocenters. The van der Waals surface area contributed by atoms with E-state index in [1.165, 1.54) is 0 Å². The Balaban J connectivity index is 1.77. The minimum absolute atomic E-state index is 0.0953. The van der Waals surface area contributed by atoms with Gasteiger partial charge in [0.15, 0.2) is 5.76 Å². The average Bonchev–Trinajstić information content (AvgIpc) is 2.86. The first-order chi connectivity index (χ1) is 11.1. The van der Waals surface area contributed by atoms with Crippen LogP contribution in [0.2, 0.25) is 0 Å². The molecule has 1 amide bonds. The van der Waals surface area contributed by atoms with Crippen LogP contribution in [-0.2, 0) is 18.6 Å². The van der Waals surface area contributed by atoms with Crippen molar-refractivity contribution >= 4 is 17.7 Å². The van der Waals surface area contributed by atoms with Crippen molar-refractivity contribution in [2.45, 2.75) is 25.5 Å². The molecule has 3 rings (SSSR count). The Hall–Kier alpha value is -2.02. The maximum atomic E-state index is 12.6. The number of fused-ring (bicyclic) bond motifs is 1. The van der Waals surface area contributed by atoms with Crippen molar-refractivity contribution < 1.29 is 9.21 Å². The molecule has 6 nitrogen and oxygen atoms in total. The van der Waals surface area contributed by atoms with E-state index in [2.05, 4.69) is 9.97 Å². The Bertz CT molecular complexity index is 781. The fraction of sp³-hybridized carbons (Fsp3) is 0.438. The number of H-pyrrole nitrogens is 1. The molecule has 23 heavy (non-hydrogen) atoms. The fourth-order valence-corrected chi connectivity index (χ4v) is 3.24. The molecule has 1 aliphatic rings. The zero-order valence-corrected chi connectivity index (χ0v) is 14.0. The highest BCUT2D eigenvalue weighted by atomic mass is 32.2. The van der Waals surface area contributed by atoms with E-state index in [-0.39, 0.29) is 11.5 Å². The van der Waals surface area contributed by atoms with Gasteiger partial charge in [0.1, 0.15) is 11.6 Å². The molecule has 0 spiro atoms. The van der Waals surface area contributed by atoms with Gasteiger partial charge in [-0.1, -0.05) is 0 Å². The smallest absolute Gasteiger partial charge is 0.289 e. The van der Waals surface area contributed by atoms with E-state index in [1.807, 2.05) is 12.3 Å². The molecule has 0 fully saturated rings. The number of nitrogens with zero attached hydrogens (tertiary/aromatic N) is 2. The molecule has 0 aromatic carbocycles. The summed E-state index contributed by atoms with van der Waals surface area (Å²) in [6, 6.07) is 3.56. The molecule has 0 radical (unpaired) electrons. The third-order valence-corrected chi connectivity index (χ3v) is 4.49. The van der Waals surface area contributed by atoms with Crippen LogP contribution in [-0.4, -0.2) is 40.1 Å². The average molecular weight is 333 g/mol. The van der Waals surface area contributed by atoms with Crippen molar-refractivity contribution in [3.8, 4) is 0 Å². The van der Waals surface area contributed by atoms with Gasteiger partial charge in [0.05, 0.1) is 11.4 Å². The highest BCUT2D eigenvalue weighted by Gasteiger charge is 2.24. The van der Waals surface area contributed by atoms with E-state index in [0.29, 0.717) is 43.1 Å². The summed E-state index contributed by atoms with van der Waals surface area (Å²) in [5, 5.41) is 0. The lowest BCUT2D eigenvalue weighted by Crippen LogP contribution is -2.33. The van der Waals surface area contributed by atoms with E-state index >= 15 is 0 Å². The largest absolute Gasteiger partial charge is 0.455 e. The van der Waals surface area contributed by atoms with Gasteiger partial charge in [-0.3, -0.25) is 9.59 Å². The molecule has 2 aromatic heterocycles.